The molecule has 0 amide bonds. The van der Waals surface area contributed by atoms with E-state index in [1.807, 2.05) is 54.6 Å². The van der Waals surface area contributed by atoms with E-state index in [2.05, 4.69) is 0 Å². The van der Waals surface area contributed by atoms with Crippen LogP contribution in [0.15, 0.2) is 54.6 Å². The van der Waals surface area contributed by atoms with E-state index in [1.54, 1.807) is 0 Å². The molecule has 0 spiro atoms. The van der Waals surface area contributed by atoms with Crippen LogP contribution in [0, 0.1) is 0 Å². The molecule has 2 aromatic carbocycles. The minimum Gasteiger partial charge on any atom is -0.480 e. The van der Waals surface area contributed by atoms with Crippen molar-refractivity contribution in [3.05, 3.63) is 60.2 Å². The van der Waals surface area contributed by atoms with Crippen molar-refractivity contribution >= 4 is 11.9 Å². The highest BCUT2D eigenvalue weighted by Gasteiger charge is 2.13. The summed E-state index contributed by atoms with van der Waals surface area (Å²) in [6.07, 6.45) is 0. The third-order valence-corrected chi connectivity index (χ3v) is 3.18. The third kappa shape index (κ3) is 4.71. The van der Waals surface area contributed by atoms with Crippen LogP contribution in [0.2, 0.25) is 0 Å². The molecule has 2 N–H and O–H groups in total. The van der Waals surface area contributed by atoms with Crippen LogP contribution in [-0.4, -0.2) is 40.1 Å². The predicted molar refractivity (Wildman–Crippen MR) is 82.4 cm³/mol. The Kier molecular flexibility index (Phi) is 5.27. The molecule has 5 heteroatoms. The molecule has 5 nitrogen and oxygen atoms in total. The van der Waals surface area contributed by atoms with Gasteiger partial charge in [0.15, 0.2) is 0 Å². The summed E-state index contributed by atoms with van der Waals surface area (Å²) in [4.78, 5) is 22.9. The smallest absolute Gasteiger partial charge is 0.317 e. The molecule has 114 valence electrons. The number of carboxylic acid groups (broad SMARTS) is 2. The lowest BCUT2D eigenvalue weighted by molar-refractivity contribution is -0.142. The molecule has 0 bridgehead atoms. The molecule has 0 fully saturated rings. The first-order chi connectivity index (χ1) is 10.5. The second kappa shape index (κ2) is 7.38. The number of hydrogen-bond acceptors (Lipinski definition) is 3. The van der Waals surface area contributed by atoms with Crippen LogP contribution in [0.3, 0.4) is 0 Å². The fraction of sp³-hybridized carbons (Fsp3) is 0.176. The Morgan fingerprint density at radius 3 is 1.77 bits per heavy atom. The van der Waals surface area contributed by atoms with Crippen LogP contribution < -0.4 is 0 Å². The van der Waals surface area contributed by atoms with E-state index < -0.39 is 11.9 Å². The Morgan fingerprint density at radius 1 is 0.773 bits per heavy atom. The highest BCUT2D eigenvalue weighted by atomic mass is 16.4. The number of carbonyl (C=O) groups is 2. The zero-order valence-corrected chi connectivity index (χ0v) is 12.0. The van der Waals surface area contributed by atoms with E-state index in [9.17, 15) is 9.59 Å². The van der Waals surface area contributed by atoms with E-state index in [-0.39, 0.29) is 19.6 Å². The summed E-state index contributed by atoms with van der Waals surface area (Å²) >= 11 is 0. The topological polar surface area (TPSA) is 77.8 Å². The lowest BCUT2D eigenvalue weighted by Crippen LogP contribution is -2.33. The van der Waals surface area contributed by atoms with Crippen LogP contribution in [-0.2, 0) is 16.1 Å². The van der Waals surface area contributed by atoms with Gasteiger partial charge in [-0.15, -0.1) is 0 Å². The minimum absolute atomic E-state index is 0.285. The molecule has 0 unspecified atom stereocenters. The highest BCUT2D eigenvalue weighted by molar-refractivity contribution is 5.72. The summed E-state index contributed by atoms with van der Waals surface area (Å²) in [6.45, 7) is -0.312. The third-order valence-electron chi connectivity index (χ3n) is 3.18. The van der Waals surface area contributed by atoms with Crippen LogP contribution >= 0.6 is 0 Å². The largest absolute Gasteiger partial charge is 0.480 e. The van der Waals surface area contributed by atoms with Crippen molar-refractivity contribution in [1.82, 2.24) is 4.90 Å². The van der Waals surface area contributed by atoms with Gasteiger partial charge in [0, 0.05) is 6.54 Å². The van der Waals surface area contributed by atoms with Crippen molar-refractivity contribution in [2.45, 2.75) is 6.54 Å². The summed E-state index contributed by atoms with van der Waals surface area (Å²) < 4.78 is 0. The summed E-state index contributed by atoms with van der Waals surface area (Å²) in [5.41, 5.74) is 3.04. The fourth-order valence-electron chi connectivity index (χ4n) is 2.24. The summed E-state index contributed by atoms with van der Waals surface area (Å²) in [5, 5.41) is 17.7. The Morgan fingerprint density at radius 2 is 1.27 bits per heavy atom. The van der Waals surface area contributed by atoms with Crippen LogP contribution in [0.1, 0.15) is 5.56 Å². The Labute approximate surface area is 128 Å². The van der Waals surface area contributed by atoms with Gasteiger partial charge in [-0.05, 0) is 16.7 Å². The molecule has 22 heavy (non-hydrogen) atoms. The average Bonchev–Trinajstić information content (AvgIpc) is 2.47. The molecule has 0 heterocycles. The highest BCUT2D eigenvalue weighted by Crippen LogP contribution is 2.19. The lowest BCUT2D eigenvalue weighted by atomic mass is 10.0. The first kappa shape index (κ1) is 15.7. The molecule has 2 aromatic rings. The quantitative estimate of drug-likeness (QED) is 0.820. The second-order valence-electron chi connectivity index (χ2n) is 5.00. The van der Waals surface area contributed by atoms with Gasteiger partial charge in [0.05, 0.1) is 13.1 Å². The molecule has 0 aliphatic rings. The lowest BCUT2D eigenvalue weighted by Gasteiger charge is -2.18. The van der Waals surface area contributed by atoms with E-state index in [0.29, 0.717) is 0 Å². The van der Waals surface area contributed by atoms with Gasteiger partial charge in [0.25, 0.3) is 0 Å². The van der Waals surface area contributed by atoms with Crippen LogP contribution in [0.5, 0.6) is 0 Å². The van der Waals surface area contributed by atoms with Crippen LogP contribution in [0.25, 0.3) is 11.1 Å². The van der Waals surface area contributed by atoms with E-state index in [0.717, 1.165) is 16.7 Å². The van der Waals surface area contributed by atoms with Gasteiger partial charge in [0.2, 0.25) is 0 Å². The second-order valence-corrected chi connectivity index (χ2v) is 5.00. The van der Waals surface area contributed by atoms with E-state index >= 15 is 0 Å². The van der Waals surface area contributed by atoms with Gasteiger partial charge in [0.1, 0.15) is 0 Å². The summed E-state index contributed by atoms with van der Waals surface area (Å²) in [7, 11) is 0. The molecule has 2 rings (SSSR count). The first-order valence-corrected chi connectivity index (χ1v) is 6.85. The Hall–Kier alpha value is -2.66. The van der Waals surface area contributed by atoms with Gasteiger partial charge < -0.3 is 10.2 Å². The van der Waals surface area contributed by atoms with Crippen molar-refractivity contribution < 1.29 is 19.8 Å². The van der Waals surface area contributed by atoms with Gasteiger partial charge >= 0.3 is 11.9 Å². The zero-order chi connectivity index (χ0) is 15.9. The predicted octanol–water partition coefficient (Wildman–Crippen LogP) is 2.32. The maximum Gasteiger partial charge on any atom is 0.317 e. The first-order valence-electron chi connectivity index (χ1n) is 6.85. The molecule has 0 aliphatic heterocycles. The normalized spacial score (nSPS) is 10.6. The molecule has 0 atom stereocenters. The minimum atomic E-state index is -1.04. The Balaban J connectivity index is 2.08. The molecular formula is C17H17NO4. The number of hydrogen-bond donors (Lipinski definition) is 2. The van der Waals surface area contributed by atoms with Gasteiger partial charge in [-0.25, -0.2) is 0 Å². The molecule has 0 aromatic heterocycles. The van der Waals surface area contributed by atoms with Crippen molar-refractivity contribution in [3.8, 4) is 11.1 Å². The molecular weight excluding hydrogens is 282 g/mol. The maximum absolute atomic E-state index is 10.8. The van der Waals surface area contributed by atoms with Crippen molar-refractivity contribution in [3.63, 3.8) is 0 Å². The number of rotatable bonds is 7. The number of nitrogens with zero attached hydrogens (tertiary/aromatic N) is 1. The van der Waals surface area contributed by atoms with Crippen molar-refractivity contribution in [2.75, 3.05) is 13.1 Å². The Bertz CT molecular complexity index is 621. The standard InChI is InChI=1S/C17H17NO4/c19-16(20)11-18(12-17(21)22)10-13-6-8-15(9-7-13)14-4-2-1-3-5-14/h1-9H,10-12H2,(H,19,20)(H,21,22). The van der Waals surface area contributed by atoms with Crippen LogP contribution in [0.4, 0.5) is 0 Å². The van der Waals surface area contributed by atoms with E-state index in [4.69, 9.17) is 10.2 Å². The fourth-order valence-corrected chi connectivity index (χ4v) is 2.24. The monoisotopic (exact) mass is 299 g/mol. The number of carboxylic acids is 2. The van der Waals surface area contributed by atoms with Crippen molar-refractivity contribution in [1.29, 1.82) is 0 Å². The molecule has 0 aliphatic carbocycles. The SMILES string of the molecule is O=C(O)CN(CC(=O)O)Cc1ccc(-c2ccccc2)cc1. The average molecular weight is 299 g/mol. The van der Waals surface area contributed by atoms with Gasteiger partial charge in [-0.1, -0.05) is 54.6 Å². The summed E-state index contributed by atoms with van der Waals surface area (Å²) in [5.74, 6) is -2.08. The maximum atomic E-state index is 10.8. The molecule has 0 radical (unpaired) electrons. The number of aliphatic carboxylic acids is 2. The van der Waals surface area contributed by atoms with E-state index in [1.165, 1.54) is 4.90 Å². The summed E-state index contributed by atoms with van der Waals surface area (Å²) in [6, 6.07) is 17.6. The van der Waals surface area contributed by atoms with Gasteiger partial charge in [-0.3, -0.25) is 14.5 Å². The molecule has 0 saturated carbocycles. The zero-order valence-electron chi connectivity index (χ0n) is 12.0. The molecule has 0 saturated heterocycles. The van der Waals surface area contributed by atoms with Crippen molar-refractivity contribution in [2.24, 2.45) is 0 Å². The van der Waals surface area contributed by atoms with Gasteiger partial charge in [-0.2, -0.15) is 0 Å². The number of benzene rings is 2.